The van der Waals surface area contributed by atoms with Gasteiger partial charge in [0.05, 0.1) is 18.2 Å². The number of halogens is 3. The van der Waals surface area contributed by atoms with Gasteiger partial charge in [0.25, 0.3) is 0 Å². The average Bonchev–Trinajstić information content (AvgIpc) is 3.39. The fourth-order valence-corrected chi connectivity index (χ4v) is 4.57. The van der Waals surface area contributed by atoms with Crippen LogP contribution in [0.1, 0.15) is 35.8 Å². The van der Waals surface area contributed by atoms with Gasteiger partial charge in [-0.3, -0.25) is 0 Å². The van der Waals surface area contributed by atoms with Crippen molar-refractivity contribution in [1.29, 1.82) is 0 Å². The topological polar surface area (TPSA) is 55.0 Å². The van der Waals surface area contributed by atoms with Gasteiger partial charge in [-0.05, 0) is 50.1 Å². The Hall–Kier alpha value is -2.02. The van der Waals surface area contributed by atoms with E-state index < -0.39 is 0 Å². The number of furan rings is 1. The Kier molecular flexibility index (Phi) is 9.83. The molecule has 3 heterocycles. The molecule has 2 atom stereocenters. The molecule has 5 rings (SSSR count). The first-order chi connectivity index (χ1) is 14.7. The molecule has 0 amide bonds. The highest BCUT2D eigenvalue weighted by Crippen LogP contribution is 2.30. The van der Waals surface area contributed by atoms with E-state index in [-0.39, 0.29) is 37.2 Å². The van der Waals surface area contributed by atoms with Gasteiger partial charge in [-0.25, -0.2) is 4.98 Å². The van der Waals surface area contributed by atoms with Gasteiger partial charge in [0.2, 0.25) is 0 Å². The number of imidazole rings is 1. The molecular formula is C25H31Cl3N4O. The first-order valence-electron chi connectivity index (χ1n) is 10.7. The zero-order chi connectivity index (χ0) is 20.5. The van der Waals surface area contributed by atoms with Gasteiger partial charge in [0.15, 0.2) is 0 Å². The molecule has 2 aromatic heterocycles. The fraction of sp³-hybridized carbons (Fsp3) is 0.320. The molecule has 2 aromatic carbocycles. The molecule has 0 spiro atoms. The smallest absolute Gasteiger partial charge is 0.138 e. The van der Waals surface area contributed by atoms with E-state index in [0.717, 1.165) is 42.0 Å². The largest absolute Gasteiger partial charge is 0.464 e. The van der Waals surface area contributed by atoms with Crippen molar-refractivity contribution in [2.45, 2.75) is 38.4 Å². The van der Waals surface area contributed by atoms with Gasteiger partial charge >= 0.3 is 0 Å². The summed E-state index contributed by atoms with van der Waals surface area (Å²) in [5, 5.41) is 8.66. The SMILES string of the molecule is Cc1ncc(-c2cc(CN[C@H]3CCCN[C@H]3c3ccccc3)c3occc3c2)n1C.Cl.Cl.Cl. The second-order valence-electron chi connectivity index (χ2n) is 8.20. The predicted octanol–water partition coefficient (Wildman–Crippen LogP) is 5.99. The Labute approximate surface area is 213 Å². The molecule has 1 saturated heterocycles. The number of piperidine rings is 1. The second-order valence-corrected chi connectivity index (χ2v) is 8.20. The quantitative estimate of drug-likeness (QED) is 0.347. The summed E-state index contributed by atoms with van der Waals surface area (Å²) >= 11 is 0. The molecule has 8 heteroatoms. The number of fused-ring (bicyclic) bond motifs is 1. The van der Waals surface area contributed by atoms with E-state index in [9.17, 15) is 0 Å². The van der Waals surface area contributed by atoms with Crippen LogP contribution in [0.15, 0.2) is 65.4 Å². The van der Waals surface area contributed by atoms with Crippen molar-refractivity contribution in [2.75, 3.05) is 6.54 Å². The van der Waals surface area contributed by atoms with Crippen LogP contribution in [-0.4, -0.2) is 22.1 Å². The molecule has 0 unspecified atom stereocenters. The van der Waals surface area contributed by atoms with E-state index in [1.54, 1.807) is 6.26 Å². The lowest BCUT2D eigenvalue weighted by Gasteiger charge is -2.34. The highest BCUT2D eigenvalue weighted by atomic mass is 35.5. The number of aromatic nitrogens is 2. The number of aryl methyl sites for hydroxylation is 1. The standard InChI is InChI=1S/C25H28N4O.3ClH/c1-17-27-16-23(29(17)2)20-13-19-10-12-30-25(19)21(14-20)15-28-22-9-6-11-26-24(22)18-7-4-3-5-8-18;;;/h3-5,7-8,10,12-14,16,22,24,26,28H,6,9,11,15H2,1-2H3;3*1H/t22-,24-;;;/m0.../s1. The molecule has 0 bridgehead atoms. The van der Waals surface area contributed by atoms with Crippen molar-refractivity contribution in [3.05, 3.63) is 77.9 Å². The molecule has 2 N–H and O–H groups in total. The Morgan fingerprint density at radius 1 is 1.12 bits per heavy atom. The molecular weight excluding hydrogens is 479 g/mol. The van der Waals surface area contributed by atoms with Gasteiger partial charge in [-0.2, -0.15) is 0 Å². The molecule has 1 aliphatic rings. The van der Waals surface area contributed by atoms with Crippen molar-refractivity contribution in [2.24, 2.45) is 7.05 Å². The van der Waals surface area contributed by atoms with E-state index >= 15 is 0 Å². The van der Waals surface area contributed by atoms with Crippen molar-refractivity contribution in [3.63, 3.8) is 0 Å². The first kappa shape index (κ1) is 27.2. The lowest BCUT2D eigenvalue weighted by molar-refractivity contribution is 0.304. The maximum absolute atomic E-state index is 5.85. The molecule has 178 valence electrons. The number of nitrogens with zero attached hydrogens (tertiary/aromatic N) is 2. The van der Waals surface area contributed by atoms with Gasteiger partial charge in [-0.1, -0.05) is 30.3 Å². The van der Waals surface area contributed by atoms with Crippen LogP contribution in [-0.2, 0) is 13.6 Å². The number of nitrogens with one attached hydrogen (secondary N) is 2. The third-order valence-corrected chi connectivity index (χ3v) is 6.32. The Bertz CT molecular complexity index is 1160. The summed E-state index contributed by atoms with van der Waals surface area (Å²) in [5.74, 6) is 1.01. The lowest BCUT2D eigenvalue weighted by Crippen LogP contribution is -2.45. The van der Waals surface area contributed by atoms with Gasteiger partial charge < -0.3 is 19.6 Å². The highest BCUT2D eigenvalue weighted by molar-refractivity contribution is 5.86. The zero-order valence-electron chi connectivity index (χ0n) is 18.8. The van der Waals surface area contributed by atoms with Crippen molar-refractivity contribution < 1.29 is 4.42 Å². The Morgan fingerprint density at radius 3 is 2.64 bits per heavy atom. The Balaban J connectivity index is 0.00000128. The monoisotopic (exact) mass is 508 g/mol. The van der Waals surface area contributed by atoms with Crippen molar-refractivity contribution in [3.8, 4) is 11.3 Å². The van der Waals surface area contributed by atoms with Crippen LogP contribution in [0.5, 0.6) is 0 Å². The summed E-state index contributed by atoms with van der Waals surface area (Å²) in [7, 11) is 2.06. The highest BCUT2D eigenvalue weighted by Gasteiger charge is 2.26. The zero-order valence-corrected chi connectivity index (χ0v) is 21.2. The molecule has 33 heavy (non-hydrogen) atoms. The van der Waals surface area contributed by atoms with E-state index in [4.69, 9.17) is 4.42 Å². The number of hydrogen-bond acceptors (Lipinski definition) is 4. The van der Waals surface area contributed by atoms with Crippen LogP contribution in [0.3, 0.4) is 0 Å². The molecule has 1 fully saturated rings. The molecule has 0 saturated carbocycles. The van der Waals surface area contributed by atoms with E-state index in [2.05, 4.69) is 69.7 Å². The van der Waals surface area contributed by atoms with Crippen LogP contribution >= 0.6 is 37.2 Å². The minimum Gasteiger partial charge on any atom is -0.464 e. The maximum atomic E-state index is 5.85. The van der Waals surface area contributed by atoms with Crippen LogP contribution in [0.2, 0.25) is 0 Å². The van der Waals surface area contributed by atoms with Crippen LogP contribution < -0.4 is 10.6 Å². The first-order valence-corrected chi connectivity index (χ1v) is 10.7. The fourth-order valence-electron chi connectivity index (χ4n) is 4.57. The third-order valence-electron chi connectivity index (χ3n) is 6.32. The second kappa shape index (κ2) is 11.9. The molecule has 1 aliphatic heterocycles. The van der Waals surface area contributed by atoms with Gasteiger partial charge in [0, 0.05) is 42.2 Å². The van der Waals surface area contributed by atoms with Crippen molar-refractivity contribution >= 4 is 48.2 Å². The summed E-state index contributed by atoms with van der Waals surface area (Å²) in [6.45, 7) is 3.86. The van der Waals surface area contributed by atoms with Crippen LogP contribution in [0, 0.1) is 6.92 Å². The summed E-state index contributed by atoms with van der Waals surface area (Å²) in [6.07, 6.45) is 6.08. The minimum absolute atomic E-state index is 0. The van der Waals surface area contributed by atoms with Gasteiger partial charge in [0.1, 0.15) is 11.4 Å². The van der Waals surface area contributed by atoms with E-state index in [1.165, 1.54) is 23.1 Å². The number of rotatable bonds is 5. The van der Waals surface area contributed by atoms with E-state index in [1.807, 2.05) is 19.2 Å². The summed E-state index contributed by atoms with van der Waals surface area (Å²) in [5.41, 5.74) is 5.79. The summed E-state index contributed by atoms with van der Waals surface area (Å²) < 4.78 is 7.98. The summed E-state index contributed by atoms with van der Waals surface area (Å²) in [4.78, 5) is 4.47. The normalized spacial score (nSPS) is 17.6. The van der Waals surface area contributed by atoms with E-state index in [0.29, 0.717) is 12.1 Å². The maximum Gasteiger partial charge on any atom is 0.138 e. The number of benzene rings is 2. The molecule has 0 aliphatic carbocycles. The average molecular weight is 510 g/mol. The minimum atomic E-state index is 0. The van der Waals surface area contributed by atoms with Crippen molar-refractivity contribution in [1.82, 2.24) is 20.2 Å². The van der Waals surface area contributed by atoms with Crippen LogP contribution in [0.4, 0.5) is 0 Å². The molecule has 4 aromatic rings. The number of hydrogen-bond donors (Lipinski definition) is 2. The lowest BCUT2D eigenvalue weighted by atomic mass is 9.92. The predicted molar refractivity (Wildman–Crippen MR) is 142 cm³/mol. The molecule has 0 radical (unpaired) electrons. The molecule has 5 nitrogen and oxygen atoms in total. The van der Waals surface area contributed by atoms with Crippen LogP contribution in [0.25, 0.3) is 22.2 Å². The summed E-state index contributed by atoms with van der Waals surface area (Å²) in [6, 6.07) is 17.9. The Morgan fingerprint density at radius 2 is 1.91 bits per heavy atom. The van der Waals surface area contributed by atoms with Gasteiger partial charge in [-0.15, -0.1) is 37.2 Å². The third kappa shape index (κ3) is 5.56.